The van der Waals surface area contributed by atoms with E-state index in [1.165, 1.54) is 5.56 Å². The topological polar surface area (TPSA) is 49.3 Å². The third-order valence-corrected chi connectivity index (χ3v) is 2.89. The van der Waals surface area contributed by atoms with Crippen molar-refractivity contribution in [2.24, 2.45) is 0 Å². The Hall–Kier alpha value is -0.550. The van der Waals surface area contributed by atoms with Crippen LogP contribution in [0.15, 0.2) is 22.7 Å². The van der Waals surface area contributed by atoms with Crippen LogP contribution in [0.2, 0.25) is 0 Å². The van der Waals surface area contributed by atoms with Gasteiger partial charge in [-0.1, -0.05) is 15.9 Å². The maximum absolute atomic E-state index is 10.8. The van der Waals surface area contributed by atoms with E-state index in [-0.39, 0.29) is 17.0 Å². The third-order valence-electron chi connectivity index (χ3n) is 2.40. The normalized spacial score (nSPS) is 18.3. The summed E-state index contributed by atoms with van der Waals surface area (Å²) in [6.45, 7) is 0. The van der Waals surface area contributed by atoms with E-state index >= 15 is 0 Å². The highest BCUT2D eigenvalue weighted by Gasteiger charge is 2.22. The number of aryl methyl sites for hydroxylation is 1. The zero-order chi connectivity index (χ0) is 10.1. The molecule has 5 heteroatoms. The highest BCUT2D eigenvalue weighted by molar-refractivity contribution is 9.10. The molecule has 0 bridgehead atoms. The summed E-state index contributed by atoms with van der Waals surface area (Å²) in [7, 11) is 0. The van der Waals surface area contributed by atoms with E-state index in [1.54, 1.807) is 0 Å². The van der Waals surface area contributed by atoms with Crippen molar-refractivity contribution in [2.45, 2.75) is 18.9 Å². The third kappa shape index (κ3) is 2.72. The quantitative estimate of drug-likeness (QED) is 0.829. The summed E-state index contributed by atoms with van der Waals surface area (Å²) >= 11 is 3.39. The molecule has 0 aliphatic carbocycles. The first-order chi connectivity index (χ1) is 6.66. The number of carboxylic acid groups (broad SMARTS) is 1. The van der Waals surface area contributed by atoms with E-state index in [9.17, 15) is 4.79 Å². The van der Waals surface area contributed by atoms with Crippen molar-refractivity contribution in [3.63, 3.8) is 0 Å². The van der Waals surface area contributed by atoms with Crippen molar-refractivity contribution in [2.75, 3.05) is 5.32 Å². The van der Waals surface area contributed by atoms with Gasteiger partial charge in [0.2, 0.25) is 0 Å². The van der Waals surface area contributed by atoms with Gasteiger partial charge < -0.3 is 10.4 Å². The maximum atomic E-state index is 10.8. The lowest BCUT2D eigenvalue weighted by Gasteiger charge is -2.23. The van der Waals surface area contributed by atoms with Gasteiger partial charge in [-0.25, -0.2) is 4.79 Å². The lowest BCUT2D eigenvalue weighted by Crippen LogP contribution is -2.33. The standard InChI is InChI=1S/C10H10BrNO2.BrH/c11-7-2-4-8-6(5-7)1-3-9(12-8)10(13)14;/h2,4-5,9,12H,1,3H2,(H,13,14);1H/t9-;/m0./s1. The molecule has 0 fully saturated rings. The number of nitrogens with one attached hydrogen (secondary N) is 1. The van der Waals surface area contributed by atoms with Crippen molar-refractivity contribution < 1.29 is 9.90 Å². The number of anilines is 1. The maximum Gasteiger partial charge on any atom is 0.326 e. The molecule has 1 aromatic rings. The second-order valence-corrected chi connectivity index (χ2v) is 4.29. The van der Waals surface area contributed by atoms with Crippen LogP contribution in [-0.4, -0.2) is 17.1 Å². The highest BCUT2D eigenvalue weighted by Crippen LogP contribution is 2.27. The number of aliphatic carboxylic acids is 1. The number of carbonyl (C=O) groups is 1. The monoisotopic (exact) mass is 335 g/mol. The molecule has 0 amide bonds. The molecule has 82 valence electrons. The fourth-order valence-corrected chi connectivity index (χ4v) is 2.06. The minimum atomic E-state index is -0.779. The van der Waals surface area contributed by atoms with Crippen molar-refractivity contribution in [3.8, 4) is 0 Å². The number of halogens is 2. The number of fused-ring (bicyclic) bond motifs is 1. The molecule has 15 heavy (non-hydrogen) atoms. The van der Waals surface area contributed by atoms with Crippen LogP contribution in [0.1, 0.15) is 12.0 Å². The molecule has 0 saturated carbocycles. The van der Waals surface area contributed by atoms with Gasteiger partial charge in [-0.15, -0.1) is 17.0 Å². The fourth-order valence-electron chi connectivity index (χ4n) is 1.65. The van der Waals surface area contributed by atoms with Gasteiger partial charge in [0.1, 0.15) is 6.04 Å². The summed E-state index contributed by atoms with van der Waals surface area (Å²) in [5.74, 6) is -0.779. The summed E-state index contributed by atoms with van der Waals surface area (Å²) < 4.78 is 1.03. The Morgan fingerprint density at radius 2 is 2.27 bits per heavy atom. The molecule has 1 atom stereocenters. The van der Waals surface area contributed by atoms with E-state index in [1.807, 2.05) is 18.2 Å². The van der Waals surface area contributed by atoms with Crippen LogP contribution in [-0.2, 0) is 11.2 Å². The molecule has 2 rings (SSSR count). The minimum Gasteiger partial charge on any atom is -0.480 e. The molecule has 0 spiro atoms. The first kappa shape index (κ1) is 12.5. The van der Waals surface area contributed by atoms with E-state index in [2.05, 4.69) is 21.2 Å². The van der Waals surface area contributed by atoms with E-state index in [4.69, 9.17) is 5.11 Å². The Bertz CT molecular complexity index is 382. The Morgan fingerprint density at radius 3 is 2.93 bits per heavy atom. The molecule has 1 aromatic carbocycles. The molecule has 0 radical (unpaired) electrons. The smallest absolute Gasteiger partial charge is 0.326 e. The Labute approximate surface area is 107 Å². The number of benzene rings is 1. The van der Waals surface area contributed by atoms with Gasteiger partial charge in [0.05, 0.1) is 0 Å². The second-order valence-electron chi connectivity index (χ2n) is 3.38. The summed E-state index contributed by atoms with van der Waals surface area (Å²) in [4.78, 5) is 10.8. The molecule has 2 N–H and O–H groups in total. The van der Waals surface area contributed by atoms with Gasteiger partial charge >= 0.3 is 5.97 Å². The van der Waals surface area contributed by atoms with Gasteiger partial charge in [0.15, 0.2) is 0 Å². The van der Waals surface area contributed by atoms with Gasteiger partial charge in [0, 0.05) is 10.2 Å². The van der Waals surface area contributed by atoms with Crippen LogP contribution < -0.4 is 5.32 Å². The molecule has 0 saturated heterocycles. The summed E-state index contributed by atoms with van der Waals surface area (Å²) in [6.07, 6.45) is 1.47. The van der Waals surface area contributed by atoms with Crippen LogP contribution in [0.4, 0.5) is 5.69 Å². The van der Waals surface area contributed by atoms with Gasteiger partial charge in [0.25, 0.3) is 0 Å². The molecule has 1 aliphatic rings. The van der Waals surface area contributed by atoms with E-state index in [0.29, 0.717) is 6.42 Å². The Morgan fingerprint density at radius 1 is 1.53 bits per heavy atom. The molecule has 1 aliphatic heterocycles. The Balaban J connectivity index is 0.00000112. The number of carboxylic acids is 1. The fraction of sp³-hybridized carbons (Fsp3) is 0.300. The number of hydrogen-bond acceptors (Lipinski definition) is 2. The van der Waals surface area contributed by atoms with Crippen molar-refractivity contribution in [3.05, 3.63) is 28.2 Å². The van der Waals surface area contributed by atoms with Crippen molar-refractivity contribution >= 4 is 44.6 Å². The van der Waals surface area contributed by atoms with Gasteiger partial charge in [-0.05, 0) is 36.6 Å². The van der Waals surface area contributed by atoms with Gasteiger partial charge in [-0.3, -0.25) is 0 Å². The van der Waals surface area contributed by atoms with Crippen LogP contribution in [0.25, 0.3) is 0 Å². The molecule has 0 aromatic heterocycles. The SMILES string of the molecule is Br.O=C(O)[C@@H]1CCc2cc(Br)ccc2N1. The minimum absolute atomic E-state index is 0. The first-order valence-corrected chi connectivity index (χ1v) is 5.24. The number of hydrogen-bond donors (Lipinski definition) is 2. The van der Waals surface area contributed by atoms with Crippen LogP contribution in [0.5, 0.6) is 0 Å². The highest BCUT2D eigenvalue weighted by atomic mass is 79.9. The summed E-state index contributed by atoms with van der Waals surface area (Å²) in [5.41, 5.74) is 2.11. The zero-order valence-corrected chi connectivity index (χ0v) is 11.2. The average molecular weight is 337 g/mol. The van der Waals surface area contributed by atoms with Crippen molar-refractivity contribution in [1.82, 2.24) is 0 Å². The second kappa shape index (κ2) is 4.99. The molecule has 0 unspecified atom stereocenters. The van der Waals surface area contributed by atoms with Crippen LogP contribution in [0.3, 0.4) is 0 Å². The molecule has 1 heterocycles. The number of rotatable bonds is 1. The van der Waals surface area contributed by atoms with E-state index < -0.39 is 12.0 Å². The summed E-state index contributed by atoms with van der Waals surface area (Å²) in [5, 5.41) is 11.8. The first-order valence-electron chi connectivity index (χ1n) is 4.44. The largest absolute Gasteiger partial charge is 0.480 e. The molecule has 3 nitrogen and oxygen atoms in total. The lowest BCUT2D eigenvalue weighted by atomic mass is 9.98. The molecular formula is C10H11Br2NO2. The van der Waals surface area contributed by atoms with Gasteiger partial charge in [-0.2, -0.15) is 0 Å². The predicted octanol–water partition coefficient (Wildman–Crippen LogP) is 2.84. The van der Waals surface area contributed by atoms with Crippen LogP contribution >= 0.6 is 32.9 Å². The molecular weight excluding hydrogens is 326 g/mol. The van der Waals surface area contributed by atoms with Crippen molar-refractivity contribution in [1.29, 1.82) is 0 Å². The predicted molar refractivity (Wildman–Crippen MR) is 67.8 cm³/mol. The summed E-state index contributed by atoms with van der Waals surface area (Å²) in [6, 6.07) is 5.41. The van der Waals surface area contributed by atoms with E-state index in [0.717, 1.165) is 16.6 Å². The lowest BCUT2D eigenvalue weighted by molar-refractivity contribution is -0.138. The average Bonchev–Trinajstić information content (AvgIpc) is 2.16. The Kier molecular flexibility index (Phi) is 4.16. The zero-order valence-electron chi connectivity index (χ0n) is 7.87. The van der Waals surface area contributed by atoms with Crippen LogP contribution in [0, 0.1) is 0 Å².